The Hall–Kier alpha value is -3.77. The first kappa shape index (κ1) is 37.0. The van der Waals surface area contributed by atoms with Gasteiger partial charge in [-0.3, -0.25) is 0 Å². The summed E-state index contributed by atoms with van der Waals surface area (Å²) in [5, 5.41) is 0. The van der Waals surface area contributed by atoms with Gasteiger partial charge in [0, 0.05) is 0 Å². The van der Waals surface area contributed by atoms with E-state index in [9.17, 15) is 52.7 Å². The van der Waals surface area contributed by atoms with E-state index in [1.807, 2.05) is 32.9 Å². The van der Waals surface area contributed by atoms with Gasteiger partial charge in [0.25, 0.3) is 0 Å². The van der Waals surface area contributed by atoms with Crippen molar-refractivity contribution < 1.29 is 70.6 Å². The molecule has 0 N–H and O–H groups in total. The second-order valence-corrected chi connectivity index (χ2v) is 17.5. The van der Waals surface area contributed by atoms with Gasteiger partial charge in [-0.25, -0.2) is 0 Å². The van der Waals surface area contributed by atoms with E-state index in [0.29, 0.717) is 40.1 Å². The van der Waals surface area contributed by atoms with E-state index in [4.69, 9.17) is 0 Å². The van der Waals surface area contributed by atoms with Crippen molar-refractivity contribution in [2.75, 3.05) is 0 Å². The van der Waals surface area contributed by atoms with Gasteiger partial charge in [0.1, 0.15) is 0 Å². The first-order chi connectivity index (χ1) is 23.6. The fourth-order valence-electron chi connectivity index (χ4n) is 7.39. The van der Waals surface area contributed by atoms with Crippen LogP contribution >= 0.6 is 0 Å². The molecule has 4 aromatic carbocycles. The van der Waals surface area contributed by atoms with Crippen LogP contribution in [-0.4, -0.2) is 0 Å². The quantitative estimate of drug-likeness (QED) is 0.140. The Bertz CT molecular complexity index is 1870. The second-order valence-electron chi connectivity index (χ2n) is 12.8. The predicted octanol–water partition coefficient (Wildman–Crippen LogP) is 13.8. The molecule has 0 spiro atoms. The summed E-state index contributed by atoms with van der Waals surface area (Å²) in [7, 11) is 0. The standard InChI is InChI=1S/2C18H11F6.C2H5.Ti/c2*1-10-5-11-3-2-4-15(16(11)6-10)12-7-13(17(19,20)21)9-14(8-12)18(22,23)24;1-2;/h2*2-9H,1H3;1H2,2H3;. The average Bonchev–Trinajstić information content (AvgIpc) is 3.55. The summed E-state index contributed by atoms with van der Waals surface area (Å²) in [6.07, 6.45) is -16.5. The summed E-state index contributed by atoms with van der Waals surface area (Å²) < 4.78 is 165. The molecule has 0 bridgehead atoms. The van der Waals surface area contributed by atoms with Crippen LogP contribution in [0.3, 0.4) is 0 Å². The molecule has 0 saturated heterocycles. The van der Waals surface area contributed by atoms with Gasteiger partial charge >= 0.3 is 292 Å². The van der Waals surface area contributed by atoms with E-state index < -0.39 is 64.8 Å². The minimum absolute atomic E-state index is 0.0855. The van der Waals surface area contributed by atoms with Crippen LogP contribution in [0.15, 0.2) is 83.9 Å². The molecule has 267 valence electrons. The summed E-state index contributed by atoms with van der Waals surface area (Å²) in [5.41, 5.74) is -1.43. The van der Waals surface area contributed by atoms with Crippen molar-refractivity contribution in [3.8, 4) is 22.3 Å². The Morgan fingerprint density at radius 3 is 1.08 bits per heavy atom. The third kappa shape index (κ3) is 6.93. The molecule has 6 rings (SSSR count). The molecule has 0 saturated carbocycles. The maximum atomic E-state index is 13.7. The van der Waals surface area contributed by atoms with Crippen molar-refractivity contribution in [1.82, 2.24) is 0 Å². The Kier molecular flexibility index (Phi) is 9.23. The summed E-state index contributed by atoms with van der Waals surface area (Å²) in [5.74, 6) is 0. The molecular formula is C38H27F12Ti. The van der Waals surface area contributed by atoms with Crippen molar-refractivity contribution in [1.29, 1.82) is 0 Å². The van der Waals surface area contributed by atoms with Crippen LogP contribution in [0.1, 0.15) is 73.7 Å². The SMILES string of the molecule is C[CH2][Ti]([CH]1C(C)=Cc2c(-c3cc(C(F)(F)F)cc(C(F)(F)F)c3)cccc21)[CH]1C(C)=Cc2c(-c3cc(C(F)(F)F)cc(C(F)(F)F)c3)cccc21. The van der Waals surface area contributed by atoms with Crippen molar-refractivity contribution in [3.05, 3.63) is 128 Å². The van der Waals surface area contributed by atoms with Crippen LogP contribution in [0.25, 0.3) is 34.4 Å². The van der Waals surface area contributed by atoms with Gasteiger partial charge in [0.15, 0.2) is 0 Å². The van der Waals surface area contributed by atoms with E-state index in [-0.39, 0.29) is 42.8 Å². The van der Waals surface area contributed by atoms with Gasteiger partial charge in [-0.1, -0.05) is 0 Å². The Labute approximate surface area is 291 Å². The van der Waals surface area contributed by atoms with E-state index in [1.165, 1.54) is 12.1 Å². The molecule has 51 heavy (non-hydrogen) atoms. The first-order valence-electron chi connectivity index (χ1n) is 15.7. The summed E-state index contributed by atoms with van der Waals surface area (Å²) in [6.45, 7) is 5.71. The molecule has 2 unspecified atom stereocenters. The van der Waals surface area contributed by atoms with Gasteiger partial charge in [-0.2, -0.15) is 0 Å². The number of allylic oxidation sites excluding steroid dienone is 2. The van der Waals surface area contributed by atoms with Crippen LogP contribution in [0.5, 0.6) is 0 Å². The fourth-order valence-corrected chi connectivity index (χ4v) is 13.3. The zero-order valence-corrected chi connectivity index (χ0v) is 28.5. The van der Waals surface area contributed by atoms with Crippen LogP contribution in [0, 0.1) is 0 Å². The summed E-state index contributed by atoms with van der Waals surface area (Å²) in [6, 6.07) is 12.8. The topological polar surface area (TPSA) is 0 Å². The number of halogens is 12. The number of hydrogen-bond acceptors (Lipinski definition) is 0. The third-order valence-electron chi connectivity index (χ3n) is 9.50. The summed E-state index contributed by atoms with van der Waals surface area (Å²) in [4.78, 5) is 0. The van der Waals surface area contributed by atoms with Gasteiger partial charge in [-0.15, -0.1) is 0 Å². The number of benzene rings is 4. The van der Waals surface area contributed by atoms with Crippen molar-refractivity contribution in [3.63, 3.8) is 0 Å². The molecule has 0 radical (unpaired) electrons. The zero-order chi connectivity index (χ0) is 37.4. The van der Waals surface area contributed by atoms with E-state index >= 15 is 0 Å². The van der Waals surface area contributed by atoms with Crippen molar-refractivity contribution in [2.24, 2.45) is 0 Å². The van der Waals surface area contributed by atoms with Crippen LogP contribution < -0.4 is 0 Å². The normalized spacial score (nSPS) is 17.6. The number of alkyl halides is 12. The number of rotatable bonds is 5. The van der Waals surface area contributed by atoms with Gasteiger partial charge in [0.2, 0.25) is 0 Å². The molecule has 0 aliphatic heterocycles. The van der Waals surface area contributed by atoms with Crippen molar-refractivity contribution in [2.45, 2.75) is 58.6 Å². The number of fused-ring (bicyclic) bond motifs is 2. The van der Waals surface area contributed by atoms with Crippen molar-refractivity contribution >= 4 is 12.2 Å². The monoisotopic (exact) mass is 759 g/mol. The molecule has 0 heterocycles. The van der Waals surface area contributed by atoms with E-state index in [1.54, 1.807) is 24.3 Å². The van der Waals surface area contributed by atoms with Crippen LogP contribution in [0.2, 0.25) is 4.73 Å². The Morgan fingerprint density at radius 2 is 0.804 bits per heavy atom. The van der Waals surface area contributed by atoms with E-state index in [2.05, 4.69) is 0 Å². The molecule has 0 nitrogen and oxygen atoms in total. The molecular weight excluding hydrogens is 732 g/mol. The Morgan fingerprint density at radius 1 is 0.490 bits per heavy atom. The molecule has 0 aromatic heterocycles. The molecule has 0 fully saturated rings. The second kappa shape index (κ2) is 12.7. The first-order valence-corrected chi connectivity index (χ1v) is 18.6. The molecule has 2 aliphatic rings. The molecule has 4 aromatic rings. The fraction of sp³-hybridized carbons (Fsp3) is 0.263. The van der Waals surface area contributed by atoms with Gasteiger partial charge < -0.3 is 0 Å². The van der Waals surface area contributed by atoms with Gasteiger partial charge in [-0.05, 0) is 0 Å². The van der Waals surface area contributed by atoms with Crippen LogP contribution in [0.4, 0.5) is 52.7 Å². The van der Waals surface area contributed by atoms with E-state index in [0.717, 1.165) is 22.3 Å². The number of hydrogen-bond donors (Lipinski definition) is 0. The molecule has 0 amide bonds. The molecule has 13 heteroatoms. The predicted molar refractivity (Wildman–Crippen MR) is 167 cm³/mol. The average molecular weight is 759 g/mol. The molecule has 2 atom stereocenters. The zero-order valence-electron chi connectivity index (χ0n) is 27.0. The third-order valence-corrected chi connectivity index (χ3v) is 15.5. The minimum atomic E-state index is -5.02. The van der Waals surface area contributed by atoms with Gasteiger partial charge in [0.05, 0.1) is 0 Å². The molecule has 2 aliphatic carbocycles. The maximum absolute atomic E-state index is 13.7. The van der Waals surface area contributed by atoms with Crippen LogP contribution in [-0.2, 0) is 42.6 Å². The summed E-state index contributed by atoms with van der Waals surface area (Å²) >= 11 is -2.52. The Balaban J connectivity index is 1.45.